The van der Waals surface area contributed by atoms with Crippen molar-refractivity contribution in [3.63, 3.8) is 0 Å². The molecule has 3 aromatic rings. The van der Waals surface area contributed by atoms with Gasteiger partial charge in [-0.1, -0.05) is 24.3 Å². The zero-order chi connectivity index (χ0) is 26.2. The van der Waals surface area contributed by atoms with Gasteiger partial charge in [-0.3, -0.25) is 14.5 Å². The smallest absolute Gasteiger partial charge is 0.313 e. The summed E-state index contributed by atoms with van der Waals surface area (Å²) in [6.07, 6.45) is 0. The Morgan fingerprint density at radius 1 is 0.947 bits per heavy atom. The Labute approximate surface area is 219 Å². The van der Waals surface area contributed by atoms with Crippen LogP contribution in [0.5, 0.6) is 11.5 Å². The van der Waals surface area contributed by atoms with Crippen molar-refractivity contribution in [1.29, 1.82) is 5.26 Å². The molecule has 0 saturated carbocycles. The Morgan fingerprint density at radius 3 is 2.47 bits per heavy atom. The zero-order valence-corrected chi connectivity index (χ0v) is 20.5. The summed E-state index contributed by atoms with van der Waals surface area (Å²) in [5, 5.41) is 20.5. The van der Waals surface area contributed by atoms with Gasteiger partial charge in [-0.15, -0.1) is 0 Å². The summed E-state index contributed by atoms with van der Waals surface area (Å²) < 4.78 is 16.9. The average Bonchev–Trinajstić information content (AvgIpc) is 2.96. The van der Waals surface area contributed by atoms with E-state index in [2.05, 4.69) is 11.0 Å². The lowest BCUT2D eigenvalue weighted by Crippen LogP contribution is -2.45. The van der Waals surface area contributed by atoms with Crippen LogP contribution in [0.25, 0.3) is 0 Å². The minimum Gasteiger partial charge on any atom is -0.486 e. The lowest BCUT2D eigenvalue weighted by Gasteiger charge is -2.41. The topological polar surface area (TPSA) is 112 Å². The van der Waals surface area contributed by atoms with Gasteiger partial charge in [0.25, 0.3) is 5.91 Å². The number of hydrogen-bond donors (Lipinski definition) is 1. The van der Waals surface area contributed by atoms with E-state index in [0.29, 0.717) is 79.0 Å². The van der Waals surface area contributed by atoms with Gasteiger partial charge in [0.2, 0.25) is 0 Å². The molecule has 0 aromatic heterocycles. The summed E-state index contributed by atoms with van der Waals surface area (Å²) in [4.78, 5) is 30.4. The molecule has 9 nitrogen and oxygen atoms in total. The number of ether oxygens (including phenoxy) is 3. The number of carboxylic acids is 1. The molecule has 192 valence electrons. The van der Waals surface area contributed by atoms with Gasteiger partial charge in [-0.2, -0.15) is 5.26 Å². The third-order valence-electron chi connectivity index (χ3n) is 7.24. The van der Waals surface area contributed by atoms with Crippen molar-refractivity contribution < 1.29 is 28.9 Å². The van der Waals surface area contributed by atoms with E-state index in [0.717, 1.165) is 5.69 Å². The molecule has 3 aliphatic rings. The number of fused-ring (bicyclic) bond motifs is 2. The number of amides is 1. The number of morpholine rings is 1. The number of nitrogens with zero attached hydrogens (tertiary/aromatic N) is 3. The predicted octanol–water partition coefficient (Wildman–Crippen LogP) is 3.74. The van der Waals surface area contributed by atoms with Gasteiger partial charge < -0.3 is 24.2 Å². The highest BCUT2D eigenvalue weighted by atomic mass is 16.6. The molecule has 2 atom stereocenters. The van der Waals surface area contributed by atoms with Gasteiger partial charge in [0.1, 0.15) is 25.2 Å². The van der Waals surface area contributed by atoms with E-state index in [1.165, 1.54) is 4.90 Å². The fourth-order valence-corrected chi connectivity index (χ4v) is 5.51. The van der Waals surface area contributed by atoms with E-state index in [-0.39, 0.29) is 5.91 Å². The molecule has 0 bridgehead atoms. The standard InChI is InChI=1S/C29H25N3O6/c30-17-19-15-20(6-7-23(19)31-9-11-36-12-10-31)32-27(18-5-8-24-25(16-18)38-14-13-37-24)26(29(34)35)21-3-1-2-4-22(21)28(32)33/h1-8,15-16,26-27H,9-14H2,(H,34,35). The first-order valence-corrected chi connectivity index (χ1v) is 12.5. The van der Waals surface area contributed by atoms with Crippen LogP contribution in [0.4, 0.5) is 11.4 Å². The molecule has 1 N–H and O–H groups in total. The molecule has 38 heavy (non-hydrogen) atoms. The van der Waals surface area contributed by atoms with Crippen molar-refractivity contribution in [3.8, 4) is 17.6 Å². The van der Waals surface area contributed by atoms with Crippen molar-refractivity contribution in [2.45, 2.75) is 12.0 Å². The number of carbonyl (C=O) groups is 2. The van der Waals surface area contributed by atoms with Crippen LogP contribution in [0.2, 0.25) is 0 Å². The van der Waals surface area contributed by atoms with Crippen molar-refractivity contribution in [3.05, 3.63) is 82.9 Å². The van der Waals surface area contributed by atoms with Crippen LogP contribution in [0.15, 0.2) is 60.7 Å². The SMILES string of the molecule is N#Cc1cc(N2C(=O)c3ccccc3C(C(=O)O)C2c2ccc3c(c2)OCCO3)ccc1N1CCOCC1. The summed E-state index contributed by atoms with van der Waals surface area (Å²) in [5.41, 5.74) is 2.99. The van der Waals surface area contributed by atoms with Crippen LogP contribution in [0.1, 0.15) is 39.0 Å². The summed E-state index contributed by atoms with van der Waals surface area (Å²) in [5.74, 6) is -1.36. The van der Waals surface area contributed by atoms with E-state index in [9.17, 15) is 20.0 Å². The monoisotopic (exact) mass is 511 g/mol. The van der Waals surface area contributed by atoms with Crippen LogP contribution < -0.4 is 19.3 Å². The lowest BCUT2D eigenvalue weighted by atomic mass is 9.79. The highest BCUT2D eigenvalue weighted by Gasteiger charge is 2.45. The molecule has 1 saturated heterocycles. The van der Waals surface area contributed by atoms with E-state index < -0.39 is 17.9 Å². The second-order valence-corrected chi connectivity index (χ2v) is 9.34. The van der Waals surface area contributed by atoms with Gasteiger partial charge in [0.05, 0.1) is 30.5 Å². The third kappa shape index (κ3) is 3.99. The van der Waals surface area contributed by atoms with Crippen LogP contribution >= 0.6 is 0 Å². The Balaban J connectivity index is 1.52. The molecule has 0 spiro atoms. The number of anilines is 2. The number of carbonyl (C=O) groups excluding carboxylic acids is 1. The molecule has 3 heterocycles. The van der Waals surface area contributed by atoms with E-state index in [1.807, 2.05) is 6.07 Å². The fraction of sp³-hybridized carbons (Fsp3) is 0.276. The first-order valence-electron chi connectivity index (χ1n) is 12.5. The van der Waals surface area contributed by atoms with Gasteiger partial charge in [-0.25, -0.2) is 0 Å². The van der Waals surface area contributed by atoms with Gasteiger partial charge >= 0.3 is 5.97 Å². The van der Waals surface area contributed by atoms with Crippen molar-refractivity contribution in [1.82, 2.24) is 0 Å². The maximum atomic E-state index is 14.0. The maximum Gasteiger partial charge on any atom is 0.313 e. The first kappa shape index (κ1) is 23.8. The predicted molar refractivity (Wildman–Crippen MR) is 138 cm³/mol. The zero-order valence-electron chi connectivity index (χ0n) is 20.5. The number of nitriles is 1. The second kappa shape index (κ2) is 9.72. The van der Waals surface area contributed by atoms with Crippen LogP contribution in [-0.2, 0) is 9.53 Å². The largest absolute Gasteiger partial charge is 0.486 e. The van der Waals surface area contributed by atoms with Gasteiger partial charge in [0, 0.05) is 24.3 Å². The van der Waals surface area contributed by atoms with Gasteiger partial charge in [0.15, 0.2) is 11.5 Å². The normalized spacial score (nSPS) is 20.4. The third-order valence-corrected chi connectivity index (χ3v) is 7.24. The molecule has 2 unspecified atom stereocenters. The molecule has 1 amide bonds. The number of hydrogen-bond acceptors (Lipinski definition) is 7. The molecule has 3 aromatic carbocycles. The molecule has 0 aliphatic carbocycles. The summed E-state index contributed by atoms with van der Waals surface area (Å²) in [7, 11) is 0. The van der Waals surface area contributed by atoms with Crippen LogP contribution in [-0.4, -0.2) is 56.5 Å². The molecule has 6 rings (SSSR count). The summed E-state index contributed by atoms with van der Waals surface area (Å²) in [6.45, 7) is 3.26. The lowest BCUT2D eigenvalue weighted by molar-refractivity contribution is -0.139. The number of aliphatic carboxylic acids is 1. The molecule has 3 aliphatic heterocycles. The van der Waals surface area contributed by atoms with E-state index in [4.69, 9.17) is 14.2 Å². The number of carboxylic acid groups (broad SMARTS) is 1. The quantitative estimate of drug-likeness (QED) is 0.564. The second-order valence-electron chi connectivity index (χ2n) is 9.34. The van der Waals surface area contributed by atoms with Crippen molar-refractivity contribution >= 4 is 23.3 Å². The number of rotatable bonds is 4. The minimum absolute atomic E-state index is 0.324. The average molecular weight is 512 g/mol. The Hall–Kier alpha value is -4.55. The van der Waals surface area contributed by atoms with Crippen molar-refractivity contribution in [2.24, 2.45) is 0 Å². The van der Waals surface area contributed by atoms with E-state index in [1.54, 1.807) is 54.6 Å². The highest BCUT2D eigenvalue weighted by molar-refractivity contribution is 6.11. The summed E-state index contributed by atoms with van der Waals surface area (Å²) in [6, 6.07) is 18.7. The van der Waals surface area contributed by atoms with Crippen LogP contribution in [0.3, 0.4) is 0 Å². The first-order chi connectivity index (χ1) is 18.6. The van der Waals surface area contributed by atoms with E-state index >= 15 is 0 Å². The Bertz CT molecular complexity index is 1460. The molecule has 9 heteroatoms. The number of benzene rings is 3. The minimum atomic E-state index is -1.06. The molecule has 1 fully saturated rings. The molecular formula is C29H25N3O6. The fourth-order valence-electron chi connectivity index (χ4n) is 5.51. The van der Waals surface area contributed by atoms with Crippen molar-refractivity contribution in [2.75, 3.05) is 49.3 Å². The molecule has 0 radical (unpaired) electrons. The Morgan fingerprint density at radius 2 is 1.71 bits per heavy atom. The Kier molecular flexibility index (Phi) is 6.10. The van der Waals surface area contributed by atoms with Gasteiger partial charge in [-0.05, 0) is 47.5 Å². The molecular weight excluding hydrogens is 486 g/mol. The highest BCUT2D eigenvalue weighted by Crippen LogP contribution is 2.47. The maximum absolute atomic E-state index is 14.0. The summed E-state index contributed by atoms with van der Waals surface area (Å²) >= 11 is 0. The van der Waals surface area contributed by atoms with Crippen LogP contribution in [0, 0.1) is 11.3 Å².